The third kappa shape index (κ3) is 3.19. The van der Waals surface area contributed by atoms with Gasteiger partial charge in [0.1, 0.15) is 0 Å². The van der Waals surface area contributed by atoms with Crippen LogP contribution in [0.25, 0.3) is 0 Å². The molecule has 2 rings (SSSR count). The van der Waals surface area contributed by atoms with Crippen molar-refractivity contribution < 1.29 is 13.2 Å². The molecule has 1 fully saturated rings. The molecule has 1 unspecified atom stereocenters. The molecule has 1 aromatic rings. The fourth-order valence-electron chi connectivity index (χ4n) is 2.34. The lowest BCUT2D eigenvalue weighted by Gasteiger charge is -2.26. The van der Waals surface area contributed by atoms with Gasteiger partial charge in [0.05, 0.1) is 22.4 Å². The van der Waals surface area contributed by atoms with Gasteiger partial charge < -0.3 is 15.4 Å². The minimum absolute atomic E-state index is 0.115. The van der Waals surface area contributed by atoms with Crippen LogP contribution in [0.2, 0.25) is 0 Å². The number of benzene rings is 1. The summed E-state index contributed by atoms with van der Waals surface area (Å²) < 4.78 is 29.0. The summed E-state index contributed by atoms with van der Waals surface area (Å²) in [5, 5.41) is 0. The molecule has 1 aliphatic heterocycles. The van der Waals surface area contributed by atoms with Gasteiger partial charge in [-0.15, -0.1) is 0 Å². The summed E-state index contributed by atoms with van der Waals surface area (Å²) in [6, 6.07) is 5.15. The number of hydrogen-bond donors (Lipinski definition) is 1. The van der Waals surface area contributed by atoms with Crippen LogP contribution in [-0.2, 0) is 14.6 Å². The van der Waals surface area contributed by atoms with Gasteiger partial charge in [-0.3, -0.25) is 0 Å². The number of para-hydroxylation sites is 1. The summed E-state index contributed by atoms with van der Waals surface area (Å²) in [5.41, 5.74) is 7.15. The molecule has 6 heteroatoms. The van der Waals surface area contributed by atoms with Crippen LogP contribution in [0.15, 0.2) is 23.1 Å². The van der Waals surface area contributed by atoms with Gasteiger partial charge in [-0.05, 0) is 25.5 Å². The predicted octanol–water partition coefficient (Wildman–Crippen LogP) is 1.29. The smallest absolute Gasteiger partial charge is 0.177 e. The first-order valence-electron chi connectivity index (χ1n) is 6.34. The highest BCUT2D eigenvalue weighted by molar-refractivity contribution is 7.90. The molecule has 0 spiro atoms. The van der Waals surface area contributed by atoms with Crippen LogP contribution in [0, 0.1) is 0 Å². The largest absolute Gasteiger partial charge is 0.396 e. The number of hydrogen-bond acceptors (Lipinski definition) is 5. The first kappa shape index (κ1) is 14.1. The highest BCUT2D eigenvalue weighted by atomic mass is 32.2. The van der Waals surface area contributed by atoms with Crippen LogP contribution in [0.4, 0.5) is 11.4 Å². The molecule has 1 aromatic carbocycles. The van der Waals surface area contributed by atoms with E-state index in [9.17, 15) is 8.42 Å². The maximum atomic E-state index is 11.7. The molecule has 1 atom stereocenters. The molecule has 2 N–H and O–H groups in total. The number of anilines is 2. The molecule has 1 heterocycles. The summed E-state index contributed by atoms with van der Waals surface area (Å²) in [5.74, 6) is 0. The number of nitrogens with two attached hydrogens (primary N) is 1. The zero-order valence-electron chi connectivity index (χ0n) is 11.3. The van der Waals surface area contributed by atoms with Gasteiger partial charge in [0, 0.05) is 26.0 Å². The Balaban J connectivity index is 2.39. The SMILES string of the molecule is CC1CN(c2cccc(S(C)(=O)=O)c2N)CCCO1. The summed E-state index contributed by atoms with van der Waals surface area (Å²) in [7, 11) is -3.30. The minimum Gasteiger partial charge on any atom is -0.396 e. The molecule has 0 aliphatic carbocycles. The van der Waals surface area contributed by atoms with Crippen LogP contribution >= 0.6 is 0 Å². The monoisotopic (exact) mass is 284 g/mol. The van der Waals surface area contributed by atoms with Gasteiger partial charge >= 0.3 is 0 Å². The van der Waals surface area contributed by atoms with Gasteiger partial charge in [0.2, 0.25) is 0 Å². The van der Waals surface area contributed by atoms with Gasteiger partial charge in [0.25, 0.3) is 0 Å². The van der Waals surface area contributed by atoms with Crippen LogP contribution < -0.4 is 10.6 Å². The van der Waals surface area contributed by atoms with E-state index in [1.807, 2.05) is 13.0 Å². The molecular weight excluding hydrogens is 264 g/mol. The van der Waals surface area contributed by atoms with Gasteiger partial charge in [0.15, 0.2) is 9.84 Å². The Morgan fingerprint density at radius 1 is 1.42 bits per heavy atom. The van der Waals surface area contributed by atoms with Crippen molar-refractivity contribution in [1.29, 1.82) is 0 Å². The lowest BCUT2D eigenvalue weighted by molar-refractivity contribution is 0.0821. The first-order chi connectivity index (χ1) is 8.89. The van der Waals surface area contributed by atoms with Crippen LogP contribution in [0.1, 0.15) is 13.3 Å². The number of sulfone groups is 1. The molecule has 19 heavy (non-hydrogen) atoms. The molecule has 0 radical (unpaired) electrons. The van der Waals surface area contributed by atoms with E-state index in [0.29, 0.717) is 5.69 Å². The van der Waals surface area contributed by atoms with E-state index < -0.39 is 9.84 Å². The topological polar surface area (TPSA) is 72.6 Å². The summed E-state index contributed by atoms with van der Waals surface area (Å²) in [6.07, 6.45) is 2.20. The van der Waals surface area contributed by atoms with Crippen LogP contribution in [0.3, 0.4) is 0 Å². The van der Waals surface area contributed by atoms with E-state index in [4.69, 9.17) is 10.5 Å². The van der Waals surface area contributed by atoms with Crippen molar-refractivity contribution >= 4 is 21.2 Å². The third-order valence-corrected chi connectivity index (χ3v) is 4.39. The second-order valence-electron chi connectivity index (χ2n) is 4.94. The standard InChI is InChI=1S/C13H20N2O3S/c1-10-9-15(7-4-8-18-10)11-5-3-6-12(13(11)14)19(2,16)17/h3,5-6,10H,4,7-9,14H2,1-2H3. The van der Waals surface area contributed by atoms with Gasteiger partial charge in [-0.25, -0.2) is 8.42 Å². The Labute approximate surface area is 114 Å². The Bertz CT molecular complexity index is 557. The van der Waals surface area contributed by atoms with Crippen molar-refractivity contribution in [3.05, 3.63) is 18.2 Å². The number of nitrogens with zero attached hydrogens (tertiary/aromatic N) is 1. The minimum atomic E-state index is -3.30. The van der Waals surface area contributed by atoms with E-state index in [0.717, 1.165) is 31.8 Å². The lowest BCUT2D eigenvalue weighted by atomic mass is 10.2. The Hall–Kier alpha value is -1.27. The Morgan fingerprint density at radius 3 is 2.84 bits per heavy atom. The fraction of sp³-hybridized carbons (Fsp3) is 0.538. The third-order valence-electron chi connectivity index (χ3n) is 3.24. The van der Waals surface area contributed by atoms with Crippen molar-refractivity contribution in [2.24, 2.45) is 0 Å². The highest BCUT2D eigenvalue weighted by Crippen LogP contribution is 2.30. The van der Waals surface area contributed by atoms with Crippen molar-refractivity contribution in [2.45, 2.75) is 24.3 Å². The van der Waals surface area contributed by atoms with Crippen LogP contribution in [-0.4, -0.2) is 40.5 Å². The van der Waals surface area contributed by atoms with E-state index in [1.54, 1.807) is 12.1 Å². The van der Waals surface area contributed by atoms with Crippen molar-refractivity contribution in [3.63, 3.8) is 0 Å². The van der Waals surface area contributed by atoms with Crippen LogP contribution in [0.5, 0.6) is 0 Å². The molecule has 1 saturated heterocycles. The lowest BCUT2D eigenvalue weighted by Crippen LogP contribution is -2.31. The molecule has 5 nitrogen and oxygen atoms in total. The van der Waals surface area contributed by atoms with E-state index >= 15 is 0 Å². The highest BCUT2D eigenvalue weighted by Gasteiger charge is 2.20. The summed E-state index contributed by atoms with van der Waals surface area (Å²) in [4.78, 5) is 2.30. The first-order valence-corrected chi connectivity index (χ1v) is 8.24. The number of rotatable bonds is 2. The fourth-order valence-corrected chi connectivity index (χ4v) is 3.17. The van der Waals surface area contributed by atoms with Crippen molar-refractivity contribution in [2.75, 3.05) is 36.6 Å². The summed E-state index contributed by atoms with van der Waals surface area (Å²) in [6.45, 7) is 4.28. The maximum Gasteiger partial charge on any atom is 0.177 e. The zero-order chi connectivity index (χ0) is 14.0. The normalized spacial score (nSPS) is 21.2. The second kappa shape index (κ2) is 5.38. The number of nitrogen functional groups attached to an aromatic ring is 1. The van der Waals surface area contributed by atoms with E-state index in [-0.39, 0.29) is 11.0 Å². The average molecular weight is 284 g/mol. The molecule has 0 amide bonds. The molecule has 1 aliphatic rings. The average Bonchev–Trinajstić information content (AvgIpc) is 2.52. The molecule has 0 aromatic heterocycles. The zero-order valence-corrected chi connectivity index (χ0v) is 12.1. The Kier molecular flexibility index (Phi) is 4.01. The Morgan fingerprint density at radius 2 is 2.16 bits per heavy atom. The second-order valence-corrected chi connectivity index (χ2v) is 6.93. The summed E-state index contributed by atoms with van der Waals surface area (Å²) >= 11 is 0. The van der Waals surface area contributed by atoms with Crippen molar-refractivity contribution in [1.82, 2.24) is 0 Å². The molecular formula is C13H20N2O3S. The molecule has 0 saturated carbocycles. The van der Waals surface area contributed by atoms with E-state index in [2.05, 4.69) is 4.90 Å². The molecule has 0 bridgehead atoms. The van der Waals surface area contributed by atoms with E-state index in [1.165, 1.54) is 6.26 Å². The van der Waals surface area contributed by atoms with Gasteiger partial charge in [-0.1, -0.05) is 6.07 Å². The predicted molar refractivity (Wildman–Crippen MR) is 76.2 cm³/mol. The quantitative estimate of drug-likeness (QED) is 0.828. The molecule has 106 valence electrons. The van der Waals surface area contributed by atoms with Gasteiger partial charge in [-0.2, -0.15) is 0 Å². The maximum absolute atomic E-state index is 11.7. The number of ether oxygens (including phenoxy) is 1. The van der Waals surface area contributed by atoms with Crippen molar-refractivity contribution in [3.8, 4) is 0 Å².